The topological polar surface area (TPSA) is 27.0 Å². The Morgan fingerprint density at radius 3 is 2.73 bits per heavy atom. The maximum absolute atomic E-state index is 11.7. The van der Waals surface area contributed by atoms with E-state index in [-0.39, 0.29) is 12.7 Å². The summed E-state index contributed by atoms with van der Waals surface area (Å²) in [6, 6.07) is 2.33. The van der Waals surface area contributed by atoms with Gasteiger partial charge in [-0.3, -0.25) is 4.39 Å². The van der Waals surface area contributed by atoms with Gasteiger partial charge in [0.25, 0.3) is 0 Å². The third-order valence-electron chi connectivity index (χ3n) is 1.78. The predicted octanol–water partition coefficient (Wildman–Crippen LogP) is 1.58. The van der Waals surface area contributed by atoms with Crippen LogP contribution in [-0.2, 0) is 0 Å². The highest BCUT2D eigenvalue weighted by atomic mass is 19.1. The van der Waals surface area contributed by atoms with Crippen LogP contribution < -0.4 is 0 Å². The number of nitriles is 1. The second-order valence-electron chi connectivity index (χ2n) is 2.73. The van der Waals surface area contributed by atoms with Crippen molar-refractivity contribution in [2.45, 2.75) is 25.8 Å². The molecule has 0 saturated heterocycles. The van der Waals surface area contributed by atoms with E-state index in [9.17, 15) is 4.39 Å². The molecule has 0 heterocycles. The van der Waals surface area contributed by atoms with Crippen molar-refractivity contribution in [3.05, 3.63) is 0 Å². The molecule has 0 aromatic carbocycles. The summed E-state index contributed by atoms with van der Waals surface area (Å²) in [4.78, 5) is 2.00. The van der Waals surface area contributed by atoms with Gasteiger partial charge < -0.3 is 4.90 Å². The largest absolute Gasteiger partial charge is 0.303 e. The molecule has 0 saturated carbocycles. The minimum Gasteiger partial charge on any atom is -0.303 e. The van der Waals surface area contributed by atoms with Gasteiger partial charge in [-0.15, -0.1) is 0 Å². The molecule has 2 nitrogen and oxygen atoms in total. The maximum Gasteiger partial charge on any atom is 0.0906 e. The molecule has 0 aliphatic heterocycles. The molecule has 0 aliphatic rings. The summed E-state index contributed by atoms with van der Waals surface area (Å²) in [7, 11) is 1.91. The van der Waals surface area contributed by atoms with Crippen LogP contribution in [0.1, 0.15) is 19.8 Å². The summed E-state index contributed by atoms with van der Waals surface area (Å²) in [6.45, 7) is 2.43. The van der Waals surface area contributed by atoms with Crippen molar-refractivity contribution in [3.8, 4) is 6.07 Å². The third kappa shape index (κ3) is 4.74. The van der Waals surface area contributed by atoms with E-state index in [4.69, 9.17) is 5.26 Å². The first-order valence-electron chi connectivity index (χ1n) is 3.85. The predicted molar refractivity (Wildman–Crippen MR) is 42.9 cm³/mol. The van der Waals surface area contributed by atoms with Gasteiger partial charge in [0.1, 0.15) is 0 Å². The smallest absolute Gasteiger partial charge is 0.0906 e. The lowest BCUT2D eigenvalue weighted by atomic mass is 10.2. The second-order valence-corrected chi connectivity index (χ2v) is 2.73. The number of rotatable bonds is 5. The average Bonchev–Trinajstić information content (AvgIpc) is 2.00. The van der Waals surface area contributed by atoms with Crippen molar-refractivity contribution >= 4 is 0 Å². The van der Waals surface area contributed by atoms with Crippen LogP contribution in [0, 0.1) is 11.3 Å². The molecule has 3 heteroatoms. The molecule has 0 amide bonds. The van der Waals surface area contributed by atoms with E-state index >= 15 is 0 Å². The molecule has 11 heavy (non-hydrogen) atoms. The molecule has 0 rings (SSSR count). The SMILES string of the molecule is CC(CC#N)N(C)CCCF. The fourth-order valence-electron chi connectivity index (χ4n) is 0.817. The summed E-state index contributed by atoms with van der Waals surface area (Å²) in [6.07, 6.45) is 1.08. The zero-order chi connectivity index (χ0) is 8.69. The number of hydrogen-bond donors (Lipinski definition) is 0. The van der Waals surface area contributed by atoms with Crippen LogP contribution in [0.5, 0.6) is 0 Å². The Kier molecular flexibility index (Phi) is 5.77. The fourth-order valence-corrected chi connectivity index (χ4v) is 0.817. The van der Waals surface area contributed by atoms with Crippen molar-refractivity contribution in [2.24, 2.45) is 0 Å². The van der Waals surface area contributed by atoms with Gasteiger partial charge in [-0.05, 0) is 20.4 Å². The normalized spacial score (nSPS) is 13.0. The zero-order valence-electron chi connectivity index (χ0n) is 7.18. The Morgan fingerprint density at radius 1 is 1.64 bits per heavy atom. The number of alkyl halides is 1. The van der Waals surface area contributed by atoms with Crippen LogP contribution in [0.15, 0.2) is 0 Å². The lowest BCUT2D eigenvalue weighted by Crippen LogP contribution is -2.29. The Labute approximate surface area is 67.6 Å². The van der Waals surface area contributed by atoms with Crippen molar-refractivity contribution in [1.82, 2.24) is 4.90 Å². The van der Waals surface area contributed by atoms with Crippen LogP contribution in [0.2, 0.25) is 0 Å². The Hall–Kier alpha value is -0.620. The van der Waals surface area contributed by atoms with Gasteiger partial charge in [-0.1, -0.05) is 0 Å². The maximum atomic E-state index is 11.7. The second kappa shape index (κ2) is 6.11. The summed E-state index contributed by atoms with van der Waals surface area (Å²) in [5, 5.41) is 8.36. The molecule has 0 spiro atoms. The van der Waals surface area contributed by atoms with Gasteiger partial charge in [0.15, 0.2) is 0 Å². The number of halogens is 1. The zero-order valence-corrected chi connectivity index (χ0v) is 7.18. The van der Waals surface area contributed by atoms with Crippen molar-refractivity contribution in [2.75, 3.05) is 20.3 Å². The van der Waals surface area contributed by atoms with E-state index in [1.54, 1.807) is 0 Å². The third-order valence-corrected chi connectivity index (χ3v) is 1.78. The van der Waals surface area contributed by atoms with E-state index in [2.05, 4.69) is 6.07 Å². The standard InChI is InChI=1S/C8H15FN2/c1-8(4-6-10)11(2)7-3-5-9/h8H,3-5,7H2,1-2H3. The highest BCUT2D eigenvalue weighted by molar-refractivity contribution is 4.78. The molecule has 0 fully saturated rings. The van der Waals surface area contributed by atoms with E-state index in [1.807, 2.05) is 18.9 Å². The van der Waals surface area contributed by atoms with E-state index in [0.29, 0.717) is 12.8 Å². The molecule has 0 aliphatic carbocycles. The Bertz CT molecular complexity index is 131. The van der Waals surface area contributed by atoms with Gasteiger partial charge in [-0.2, -0.15) is 5.26 Å². The molecule has 0 aromatic rings. The van der Waals surface area contributed by atoms with Crippen molar-refractivity contribution < 1.29 is 4.39 Å². The minimum absolute atomic E-state index is 0.242. The molecule has 0 radical (unpaired) electrons. The molecular formula is C8H15FN2. The fraction of sp³-hybridized carbons (Fsp3) is 0.875. The molecule has 0 aromatic heterocycles. The Balaban J connectivity index is 3.48. The monoisotopic (exact) mass is 158 g/mol. The van der Waals surface area contributed by atoms with Crippen LogP contribution in [-0.4, -0.2) is 31.2 Å². The quantitative estimate of drug-likeness (QED) is 0.607. The minimum atomic E-state index is -0.274. The molecular weight excluding hydrogens is 143 g/mol. The van der Waals surface area contributed by atoms with Crippen LogP contribution in [0.3, 0.4) is 0 Å². The molecule has 0 N–H and O–H groups in total. The van der Waals surface area contributed by atoms with Gasteiger partial charge in [0, 0.05) is 12.6 Å². The highest BCUT2D eigenvalue weighted by Gasteiger charge is 2.06. The first-order chi connectivity index (χ1) is 5.22. The van der Waals surface area contributed by atoms with Gasteiger partial charge in [0.05, 0.1) is 19.2 Å². The van der Waals surface area contributed by atoms with Gasteiger partial charge in [0.2, 0.25) is 0 Å². The average molecular weight is 158 g/mol. The first kappa shape index (κ1) is 10.4. The van der Waals surface area contributed by atoms with Crippen LogP contribution in [0.4, 0.5) is 4.39 Å². The summed E-state index contributed by atoms with van der Waals surface area (Å²) in [5.74, 6) is 0. The molecule has 1 unspecified atom stereocenters. The number of hydrogen-bond acceptors (Lipinski definition) is 2. The van der Waals surface area contributed by atoms with E-state index in [1.165, 1.54) is 0 Å². The molecule has 1 atom stereocenters. The van der Waals surface area contributed by atoms with Crippen molar-refractivity contribution in [1.29, 1.82) is 5.26 Å². The molecule has 64 valence electrons. The lowest BCUT2D eigenvalue weighted by molar-refractivity contribution is 0.247. The Morgan fingerprint density at radius 2 is 2.27 bits per heavy atom. The van der Waals surface area contributed by atoms with Gasteiger partial charge in [-0.25, -0.2) is 0 Å². The highest BCUT2D eigenvalue weighted by Crippen LogP contribution is 2.00. The summed E-state index contributed by atoms with van der Waals surface area (Å²) >= 11 is 0. The van der Waals surface area contributed by atoms with E-state index in [0.717, 1.165) is 6.54 Å². The first-order valence-corrected chi connectivity index (χ1v) is 3.85. The summed E-state index contributed by atoms with van der Waals surface area (Å²) in [5.41, 5.74) is 0. The van der Waals surface area contributed by atoms with Gasteiger partial charge >= 0.3 is 0 Å². The van der Waals surface area contributed by atoms with Crippen LogP contribution >= 0.6 is 0 Å². The van der Waals surface area contributed by atoms with Crippen LogP contribution in [0.25, 0.3) is 0 Å². The van der Waals surface area contributed by atoms with E-state index < -0.39 is 0 Å². The number of nitrogens with zero attached hydrogens (tertiary/aromatic N) is 2. The van der Waals surface area contributed by atoms with Crippen molar-refractivity contribution in [3.63, 3.8) is 0 Å². The lowest BCUT2D eigenvalue weighted by Gasteiger charge is -2.21. The summed E-state index contributed by atoms with van der Waals surface area (Å²) < 4.78 is 11.7. The molecule has 0 bridgehead atoms.